The van der Waals surface area contributed by atoms with Crippen LogP contribution in [0.3, 0.4) is 0 Å². The van der Waals surface area contributed by atoms with E-state index >= 15 is 0 Å². The first-order valence-electron chi connectivity index (χ1n) is 10.0. The molecule has 36 heavy (non-hydrogen) atoms. The number of alkyl halides is 6. The van der Waals surface area contributed by atoms with Gasteiger partial charge in [-0.05, 0) is 23.8 Å². The van der Waals surface area contributed by atoms with Crippen molar-refractivity contribution in [1.29, 1.82) is 5.41 Å². The lowest BCUT2D eigenvalue weighted by atomic mass is 9.79. The minimum atomic E-state index is -5.24. The average Bonchev–Trinajstić information content (AvgIpc) is 2.77. The van der Waals surface area contributed by atoms with Gasteiger partial charge in [-0.15, -0.1) is 13.2 Å². The number of anilines is 1. The number of amides is 2. The number of benzene rings is 2. The maximum atomic E-state index is 13.8. The topological polar surface area (TPSA) is 109 Å². The summed E-state index contributed by atoms with van der Waals surface area (Å²) in [7, 11) is 0. The molecule has 1 aliphatic rings. The summed E-state index contributed by atoms with van der Waals surface area (Å²) >= 11 is 0. The molecule has 0 spiro atoms. The number of ether oxygens (including phenoxy) is 1. The SMILES string of the molecule is N=CC(=CN)[C@@H]1[C@@H](C(=O)Nc2ccc(F)c(OC(F)(F)F)c2)c2ccccc2C(=O)N1CC(F)(F)F. The van der Waals surface area contributed by atoms with Gasteiger partial charge in [0.05, 0.1) is 12.0 Å². The normalized spacial score (nSPS) is 18.5. The number of nitrogens with two attached hydrogens (primary N) is 1. The molecule has 2 amide bonds. The number of hydrogen-bond donors (Lipinski definition) is 3. The van der Waals surface area contributed by atoms with Gasteiger partial charge in [0.2, 0.25) is 5.91 Å². The summed E-state index contributed by atoms with van der Waals surface area (Å²) < 4.78 is 95.2. The number of nitrogens with one attached hydrogen (secondary N) is 2. The number of rotatable bonds is 6. The molecule has 1 aliphatic heterocycles. The highest BCUT2D eigenvalue weighted by Crippen LogP contribution is 2.39. The van der Waals surface area contributed by atoms with E-state index in [1.54, 1.807) is 0 Å². The zero-order chi connectivity index (χ0) is 26.8. The zero-order valence-electron chi connectivity index (χ0n) is 18.0. The Morgan fingerprint density at radius 1 is 1.14 bits per heavy atom. The Kier molecular flexibility index (Phi) is 7.27. The first-order chi connectivity index (χ1) is 16.8. The highest BCUT2D eigenvalue weighted by molar-refractivity contribution is 6.06. The molecule has 0 unspecified atom stereocenters. The first kappa shape index (κ1) is 26.5. The van der Waals surface area contributed by atoms with E-state index in [1.807, 2.05) is 0 Å². The maximum absolute atomic E-state index is 13.8. The Hall–Kier alpha value is -4.10. The molecule has 0 aromatic heterocycles. The minimum absolute atomic E-state index is 0.00139. The van der Waals surface area contributed by atoms with Crippen LogP contribution in [0.25, 0.3) is 0 Å². The Bertz CT molecular complexity index is 1210. The Morgan fingerprint density at radius 2 is 1.81 bits per heavy atom. The van der Waals surface area contributed by atoms with E-state index in [0.29, 0.717) is 23.2 Å². The van der Waals surface area contributed by atoms with Crippen molar-refractivity contribution in [3.05, 3.63) is 71.2 Å². The van der Waals surface area contributed by atoms with Gasteiger partial charge in [-0.3, -0.25) is 9.59 Å². The number of carbonyl (C=O) groups is 2. The van der Waals surface area contributed by atoms with Crippen molar-refractivity contribution >= 4 is 23.7 Å². The fourth-order valence-electron chi connectivity index (χ4n) is 3.85. The molecular weight excluding hydrogens is 501 g/mol. The molecule has 7 nitrogen and oxygen atoms in total. The van der Waals surface area contributed by atoms with Crippen LogP contribution in [-0.2, 0) is 4.79 Å². The predicted octanol–water partition coefficient (Wildman–Crippen LogP) is 4.33. The van der Waals surface area contributed by atoms with E-state index in [0.717, 1.165) is 12.3 Å². The van der Waals surface area contributed by atoms with Gasteiger partial charge < -0.3 is 26.1 Å². The molecule has 0 aliphatic carbocycles. The highest BCUT2D eigenvalue weighted by Gasteiger charge is 2.48. The van der Waals surface area contributed by atoms with Gasteiger partial charge in [0.15, 0.2) is 11.6 Å². The number of halogens is 7. The number of carbonyl (C=O) groups excluding carboxylic acids is 2. The lowest BCUT2D eigenvalue weighted by Crippen LogP contribution is -2.55. The predicted molar refractivity (Wildman–Crippen MR) is 113 cm³/mol. The molecular formula is C22H17F7N4O3. The molecule has 0 fully saturated rings. The van der Waals surface area contributed by atoms with E-state index < -0.39 is 54.4 Å². The van der Waals surface area contributed by atoms with Gasteiger partial charge in [-0.1, -0.05) is 18.2 Å². The molecule has 0 saturated carbocycles. The van der Waals surface area contributed by atoms with Gasteiger partial charge in [0, 0.05) is 35.3 Å². The molecule has 4 N–H and O–H groups in total. The molecule has 0 saturated heterocycles. The van der Waals surface area contributed by atoms with Crippen LogP contribution >= 0.6 is 0 Å². The Labute approximate surface area is 198 Å². The lowest BCUT2D eigenvalue weighted by Gasteiger charge is -2.42. The van der Waals surface area contributed by atoms with Crippen LogP contribution in [0.4, 0.5) is 36.4 Å². The summed E-state index contributed by atoms with van der Waals surface area (Å²) in [5.41, 5.74) is 4.59. The fourth-order valence-corrected chi connectivity index (χ4v) is 3.85. The van der Waals surface area contributed by atoms with Gasteiger partial charge in [0.1, 0.15) is 6.54 Å². The summed E-state index contributed by atoms with van der Waals surface area (Å²) in [4.78, 5) is 26.7. The molecule has 3 rings (SSSR count). The van der Waals surface area contributed by atoms with Crippen molar-refractivity contribution in [3.63, 3.8) is 0 Å². The largest absolute Gasteiger partial charge is 0.573 e. The summed E-state index contributed by atoms with van der Waals surface area (Å²) in [5.74, 6) is -6.34. The molecule has 192 valence electrons. The molecule has 0 bridgehead atoms. The minimum Gasteiger partial charge on any atom is -0.404 e. The van der Waals surface area contributed by atoms with E-state index in [9.17, 15) is 40.3 Å². The monoisotopic (exact) mass is 518 g/mol. The van der Waals surface area contributed by atoms with Gasteiger partial charge >= 0.3 is 12.5 Å². The third-order valence-corrected chi connectivity index (χ3v) is 5.20. The average molecular weight is 518 g/mol. The zero-order valence-corrected chi connectivity index (χ0v) is 18.0. The standard InChI is InChI=1S/C22H17F7N4O3/c23-15-6-5-12(7-16(15)36-22(27,28)29)32-19(34)17-13-3-1-2-4-14(13)20(35)33(10-21(24,25)26)18(17)11(8-30)9-31/h1-9,17-18,30H,10,31H2,(H,32,34)/t17-,18+/m0/s1. The smallest absolute Gasteiger partial charge is 0.404 e. The van der Waals surface area contributed by atoms with Crippen LogP contribution in [0.15, 0.2) is 54.2 Å². The molecule has 2 aromatic rings. The maximum Gasteiger partial charge on any atom is 0.573 e. The molecule has 1 heterocycles. The Balaban J connectivity index is 2.10. The second-order valence-electron chi connectivity index (χ2n) is 7.55. The van der Waals surface area contributed by atoms with Crippen molar-refractivity contribution in [3.8, 4) is 5.75 Å². The van der Waals surface area contributed by atoms with E-state index in [-0.39, 0.29) is 22.4 Å². The van der Waals surface area contributed by atoms with Crippen molar-refractivity contribution in [1.82, 2.24) is 4.90 Å². The number of hydrogen-bond acceptors (Lipinski definition) is 5. The van der Waals surface area contributed by atoms with Crippen molar-refractivity contribution in [2.24, 2.45) is 5.73 Å². The third kappa shape index (κ3) is 5.75. The second kappa shape index (κ2) is 9.87. The molecule has 2 atom stereocenters. The first-order valence-corrected chi connectivity index (χ1v) is 10.0. The summed E-state index contributed by atoms with van der Waals surface area (Å²) in [6.45, 7) is -1.78. The van der Waals surface area contributed by atoms with Crippen LogP contribution in [0.1, 0.15) is 21.8 Å². The van der Waals surface area contributed by atoms with Gasteiger partial charge in [-0.25, -0.2) is 4.39 Å². The van der Waals surface area contributed by atoms with E-state index in [1.165, 1.54) is 24.3 Å². The number of fused-ring (bicyclic) bond motifs is 1. The quantitative estimate of drug-likeness (QED) is 0.391. The van der Waals surface area contributed by atoms with Crippen molar-refractivity contribution < 1.29 is 45.1 Å². The molecule has 0 radical (unpaired) electrons. The van der Waals surface area contributed by atoms with Crippen molar-refractivity contribution in [2.45, 2.75) is 24.5 Å². The van der Waals surface area contributed by atoms with E-state index in [4.69, 9.17) is 11.1 Å². The van der Waals surface area contributed by atoms with Crippen LogP contribution < -0.4 is 15.8 Å². The van der Waals surface area contributed by atoms with Gasteiger partial charge in [0.25, 0.3) is 5.91 Å². The number of nitrogens with zero attached hydrogens (tertiary/aromatic N) is 1. The van der Waals surface area contributed by atoms with Crippen LogP contribution in [0.2, 0.25) is 0 Å². The fraction of sp³-hybridized carbons (Fsp3) is 0.227. The summed E-state index contributed by atoms with van der Waals surface area (Å²) in [6.07, 6.45) is -8.76. The highest BCUT2D eigenvalue weighted by atomic mass is 19.4. The summed E-state index contributed by atoms with van der Waals surface area (Å²) in [5, 5.41) is 9.79. The van der Waals surface area contributed by atoms with Crippen LogP contribution in [-0.4, -0.2) is 48.1 Å². The van der Waals surface area contributed by atoms with Crippen molar-refractivity contribution in [2.75, 3.05) is 11.9 Å². The molecule has 14 heteroatoms. The van der Waals surface area contributed by atoms with Gasteiger partial charge in [-0.2, -0.15) is 13.2 Å². The molecule has 2 aromatic carbocycles. The Morgan fingerprint density at radius 3 is 2.39 bits per heavy atom. The lowest BCUT2D eigenvalue weighted by molar-refractivity contribution is -0.275. The van der Waals surface area contributed by atoms with Crippen LogP contribution in [0, 0.1) is 11.2 Å². The third-order valence-electron chi connectivity index (χ3n) is 5.20. The second-order valence-corrected chi connectivity index (χ2v) is 7.55. The summed E-state index contributed by atoms with van der Waals surface area (Å²) in [6, 6.07) is 5.67. The van der Waals surface area contributed by atoms with Crippen LogP contribution in [0.5, 0.6) is 5.75 Å². The van der Waals surface area contributed by atoms with E-state index in [2.05, 4.69) is 10.1 Å².